The van der Waals surface area contributed by atoms with E-state index < -0.39 is 0 Å². The summed E-state index contributed by atoms with van der Waals surface area (Å²) in [7, 11) is 1.54. The molecule has 1 unspecified atom stereocenters. The zero-order valence-corrected chi connectivity index (χ0v) is 8.80. The van der Waals surface area contributed by atoms with Gasteiger partial charge in [0, 0.05) is 12.1 Å². The Morgan fingerprint density at radius 2 is 2.14 bits per heavy atom. The SMILES string of the molecule is COc1cc(F)cc(CC(C)N)c1C. The first-order valence-electron chi connectivity index (χ1n) is 4.63. The lowest BCUT2D eigenvalue weighted by atomic mass is 10.0. The molecule has 0 aliphatic carbocycles. The highest BCUT2D eigenvalue weighted by Gasteiger charge is 2.09. The van der Waals surface area contributed by atoms with Crippen LogP contribution in [0.5, 0.6) is 5.75 Å². The number of ether oxygens (including phenoxy) is 1. The smallest absolute Gasteiger partial charge is 0.127 e. The Hall–Kier alpha value is -1.09. The van der Waals surface area contributed by atoms with Gasteiger partial charge in [-0.25, -0.2) is 4.39 Å². The maximum absolute atomic E-state index is 13.1. The van der Waals surface area contributed by atoms with E-state index in [0.29, 0.717) is 12.2 Å². The number of nitrogens with two attached hydrogens (primary N) is 1. The lowest BCUT2D eigenvalue weighted by Gasteiger charge is -2.12. The summed E-state index contributed by atoms with van der Waals surface area (Å²) in [5.41, 5.74) is 7.55. The van der Waals surface area contributed by atoms with Crippen molar-refractivity contribution in [2.24, 2.45) is 5.73 Å². The van der Waals surface area contributed by atoms with Crippen molar-refractivity contribution in [2.75, 3.05) is 7.11 Å². The van der Waals surface area contributed by atoms with Crippen LogP contribution in [0.3, 0.4) is 0 Å². The quantitative estimate of drug-likeness (QED) is 0.804. The summed E-state index contributed by atoms with van der Waals surface area (Å²) in [4.78, 5) is 0. The maximum Gasteiger partial charge on any atom is 0.127 e. The average Bonchev–Trinajstić information content (AvgIpc) is 2.09. The largest absolute Gasteiger partial charge is 0.496 e. The predicted octanol–water partition coefficient (Wildman–Crippen LogP) is 2.03. The molecule has 0 amide bonds. The summed E-state index contributed by atoms with van der Waals surface area (Å²) in [5, 5.41) is 0. The molecule has 0 aromatic heterocycles. The molecule has 0 fully saturated rings. The van der Waals surface area contributed by atoms with Crippen molar-refractivity contribution in [2.45, 2.75) is 26.3 Å². The van der Waals surface area contributed by atoms with Crippen molar-refractivity contribution < 1.29 is 9.13 Å². The van der Waals surface area contributed by atoms with Crippen molar-refractivity contribution in [1.29, 1.82) is 0 Å². The third kappa shape index (κ3) is 2.45. The standard InChI is InChI=1S/C11H16FNO/c1-7(13)4-9-5-10(12)6-11(14-3)8(9)2/h5-7H,4,13H2,1-3H3. The third-order valence-corrected chi connectivity index (χ3v) is 2.19. The van der Waals surface area contributed by atoms with Crippen LogP contribution in [-0.4, -0.2) is 13.2 Å². The summed E-state index contributed by atoms with van der Waals surface area (Å²) in [5.74, 6) is 0.309. The van der Waals surface area contributed by atoms with Crippen LogP contribution in [0.25, 0.3) is 0 Å². The minimum Gasteiger partial charge on any atom is -0.496 e. The van der Waals surface area contributed by atoms with E-state index in [-0.39, 0.29) is 11.9 Å². The van der Waals surface area contributed by atoms with Gasteiger partial charge in [-0.1, -0.05) is 0 Å². The minimum absolute atomic E-state index is 0.0280. The lowest BCUT2D eigenvalue weighted by molar-refractivity contribution is 0.407. The molecule has 0 radical (unpaired) electrons. The lowest BCUT2D eigenvalue weighted by Crippen LogP contribution is -2.18. The molecule has 1 atom stereocenters. The molecule has 2 N–H and O–H groups in total. The highest BCUT2D eigenvalue weighted by atomic mass is 19.1. The molecule has 0 aliphatic heterocycles. The summed E-state index contributed by atoms with van der Waals surface area (Å²) >= 11 is 0. The van der Waals surface area contributed by atoms with Gasteiger partial charge < -0.3 is 10.5 Å². The Morgan fingerprint density at radius 3 is 2.64 bits per heavy atom. The van der Waals surface area contributed by atoms with Gasteiger partial charge in [-0.3, -0.25) is 0 Å². The van der Waals surface area contributed by atoms with Crippen LogP contribution < -0.4 is 10.5 Å². The molecule has 2 nitrogen and oxygen atoms in total. The van der Waals surface area contributed by atoms with Crippen molar-refractivity contribution >= 4 is 0 Å². The first kappa shape index (κ1) is 11.0. The number of hydrogen-bond donors (Lipinski definition) is 1. The van der Waals surface area contributed by atoms with Crippen LogP contribution in [0.15, 0.2) is 12.1 Å². The number of rotatable bonds is 3. The number of methoxy groups -OCH3 is 1. The number of benzene rings is 1. The van der Waals surface area contributed by atoms with E-state index in [0.717, 1.165) is 11.1 Å². The van der Waals surface area contributed by atoms with Crippen LogP contribution in [0.4, 0.5) is 4.39 Å². The maximum atomic E-state index is 13.1. The normalized spacial score (nSPS) is 12.6. The second kappa shape index (κ2) is 4.42. The van der Waals surface area contributed by atoms with Crippen molar-refractivity contribution in [1.82, 2.24) is 0 Å². The van der Waals surface area contributed by atoms with E-state index in [1.54, 1.807) is 0 Å². The Bertz CT molecular complexity index is 323. The fourth-order valence-electron chi connectivity index (χ4n) is 1.48. The Balaban J connectivity index is 3.08. The number of halogens is 1. The molecule has 14 heavy (non-hydrogen) atoms. The van der Waals surface area contributed by atoms with E-state index >= 15 is 0 Å². The van der Waals surface area contributed by atoms with Crippen LogP contribution in [0.1, 0.15) is 18.1 Å². The number of hydrogen-bond acceptors (Lipinski definition) is 2. The second-order valence-electron chi connectivity index (χ2n) is 3.57. The van der Waals surface area contributed by atoms with Crippen molar-refractivity contribution in [3.05, 3.63) is 29.1 Å². The fourth-order valence-corrected chi connectivity index (χ4v) is 1.48. The van der Waals surface area contributed by atoms with Gasteiger partial charge >= 0.3 is 0 Å². The molecular formula is C11H16FNO. The molecule has 0 saturated heterocycles. The summed E-state index contributed by atoms with van der Waals surface area (Å²) in [6.07, 6.45) is 0.667. The molecule has 1 aromatic rings. The molecule has 1 aromatic carbocycles. The molecule has 0 bridgehead atoms. The van der Waals surface area contributed by atoms with E-state index in [9.17, 15) is 4.39 Å². The zero-order chi connectivity index (χ0) is 10.7. The fraction of sp³-hybridized carbons (Fsp3) is 0.455. The van der Waals surface area contributed by atoms with E-state index in [4.69, 9.17) is 10.5 Å². The van der Waals surface area contributed by atoms with Gasteiger partial charge in [-0.05, 0) is 37.5 Å². The van der Waals surface area contributed by atoms with Gasteiger partial charge in [0.25, 0.3) is 0 Å². The second-order valence-corrected chi connectivity index (χ2v) is 3.57. The molecular weight excluding hydrogens is 181 g/mol. The third-order valence-electron chi connectivity index (χ3n) is 2.19. The molecule has 3 heteroatoms. The summed E-state index contributed by atoms with van der Waals surface area (Å²) in [6.45, 7) is 3.81. The van der Waals surface area contributed by atoms with Crippen LogP contribution >= 0.6 is 0 Å². The highest BCUT2D eigenvalue weighted by molar-refractivity contribution is 5.40. The molecule has 0 spiro atoms. The van der Waals surface area contributed by atoms with Gasteiger partial charge in [-0.15, -0.1) is 0 Å². The van der Waals surface area contributed by atoms with Gasteiger partial charge in [0.15, 0.2) is 0 Å². The van der Waals surface area contributed by atoms with Gasteiger partial charge in [0.2, 0.25) is 0 Å². The summed E-state index contributed by atoms with van der Waals surface area (Å²) in [6, 6.07) is 2.93. The predicted molar refractivity (Wildman–Crippen MR) is 55.0 cm³/mol. The van der Waals surface area contributed by atoms with Crippen molar-refractivity contribution in [3.63, 3.8) is 0 Å². The highest BCUT2D eigenvalue weighted by Crippen LogP contribution is 2.23. The average molecular weight is 197 g/mol. The molecule has 0 aliphatic rings. The Labute approximate surface area is 83.9 Å². The Morgan fingerprint density at radius 1 is 1.50 bits per heavy atom. The summed E-state index contributed by atoms with van der Waals surface area (Å²) < 4.78 is 18.2. The van der Waals surface area contributed by atoms with E-state index in [1.165, 1.54) is 19.2 Å². The first-order chi connectivity index (χ1) is 6.54. The van der Waals surface area contributed by atoms with E-state index in [2.05, 4.69) is 0 Å². The monoisotopic (exact) mass is 197 g/mol. The molecule has 78 valence electrons. The molecule has 1 rings (SSSR count). The van der Waals surface area contributed by atoms with Gasteiger partial charge in [0.1, 0.15) is 11.6 Å². The van der Waals surface area contributed by atoms with Crippen molar-refractivity contribution in [3.8, 4) is 5.75 Å². The molecule has 0 heterocycles. The molecule has 0 saturated carbocycles. The van der Waals surface area contributed by atoms with E-state index in [1.807, 2.05) is 13.8 Å². The minimum atomic E-state index is -0.275. The van der Waals surface area contributed by atoms with Crippen LogP contribution in [-0.2, 0) is 6.42 Å². The first-order valence-corrected chi connectivity index (χ1v) is 4.63. The zero-order valence-electron chi connectivity index (χ0n) is 8.80. The van der Waals surface area contributed by atoms with Crippen LogP contribution in [0, 0.1) is 12.7 Å². The van der Waals surface area contributed by atoms with Crippen LogP contribution in [0.2, 0.25) is 0 Å². The topological polar surface area (TPSA) is 35.2 Å². The Kier molecular flexibility index (Phi) is 3.47. The van der Waals surface area contributed by atoms with Gasteiger partial charge in [0.05, 0.1) is 7.11 Å². The van der Waals surface area contributed by atoms with Gasteiger partial charge in [-0.2, -0.15) is 0 Å².